The van der Waals surface area contributed by atoms with Crippen LogP contribution in [0.2, 0.25) is 0 Å². The molecule has 1 aliphatic rings. The van der Waals surface area contributed by atoms with Gasteiger partial charge in [0.15, 0.2) is 5.13 Å². The van der Waals surface area contributed by atoms with Crippen molar-refractivity contribution in [2.75, 3.05) is 25.9 Å². The molecule has 0 bridgehead atoms. The standard InChI is InChI=1S/C21H22N4O2S/c1-27-17-13-23-10-7-16(17)19(26)25-11-8-21(9-12-25,15-5-3-2-4-6-15)18-14-28-20(22)24-18/h2-7,10,13-14H,8-9,11-12H2,1H3,(H2,22,24). The Morgan fingerprint density at radius 3 is 2.61 bits per heavy atom. The first-order chi connectivity index (χ1) is 13.6. The van der Waals surface area contributed by atoms with E-state index in [1.807, 2.05) is 28.5 Å². The van der Waals surface area contributed by atoms with Crippen molar-refractivity contribution < 1.29 is 9.53 Å². The van der Waals surface area contributed by atoms with Gasteiger partial charge < -0.3 is 15.4 Å². The van der Waals surface area contributed by atoms with Gasteiger partial charge in [0.2, 0.25) is 0 Å². The molecular weight excluding hydrogens is 372 g/mol. The average molecular weight is 395 g/mol. The molecule has 3 aromatic rings. The lowest BCUT2D eigenvalue weighted by molar-refractivity contribution is 0.0680. The van der Waals surface area contributed by atoms with Gasteiger partial charge in [-0.15, -0.1) is 11.3 Å². The highest BCUT2D eigenvalue weighted by Gasteiger charge is 2.41. The summed E-state index contributed by atoms with van der Waals surface area (Å²) >= 11 is 1.46. The van der Waals surface area contributed by atoms with Gasteiger partial charge in [-0.3, -0.25) is 9.78 Å². The van der Waals surface area contributed by atoms with E-state index in [1.54, 1.807) is 25.6 Å². The van der Waals surface area contributed by atoms with E-state index < -0.39 is 0 Å². The van der Waals surface area contributed by atoms with E-state index in [2.05, 4.69) is 22.1 Å². The highest BCUT2D eigenvalue weighted by atomic mass is 32.1. The molecule has 2 N–H and O–H groups in total. The number of benzene rings is 1. The van der Waals surface area contributed by atoms with Gasteiger partial charge in [-0.05, 0) is 24.5 Å². The summed E-state index contributed by atoms with van der Waals surface area (Å²) < 4.78 is 5.31. The molecule has 0 saturated carbocycles. The number of pyridine rings is 1. The van der Waals surface area contributed by atoms with Crippen LogP contribution in [0.4, 0.5) is 5.13 Å². The SMILES string of the molecule is COc1cnccc1C(=O)N1CCC(c2ccccc2)(c2csc(N)n2)CC1. The third kappa shape index (κ3) is 3.22. The zero-order valence-corrected chi connectivity index (χ0v) is 16.5. The van der Waals surface area contributed by atoms with Crippen LogP contribution in [0, 0.1) is 0 Å². The lowest BCUT2D eigenvalue weighted by atomic mass is 9.70. The Hall–Kier alpha value is -2.93. The molecule has 1 aromatic carbocycles. The second kappa shape index (κ2) is 7.59. The van der Waals surface area contributed by atoms with E-state index in [0.29, 0.717) is 29.5 Å². The van der Waals surface area contributed by atoms with Crippen LogP contribution in [-0.2, 0) is 5.41 Å². The Morgan fingerprint density at radius 2 is 1.96 bits per heavy atom. The summed E-state index contributed by atoms with van der Waals surface area (Å²) in [7, 11) is 1.55. The van der Waals surface area contributed by atoms with Gasteiger partial charge in [-0.1, -0.05) is 30.3 Å². The molecule has 0 atom stereocenters. The summed E-state index contributed by atoms with van der Waals surface area (Å²) in [4.78, 5) is 23.6. The molecule has 28 heavy (non-hydrogen) atoms. The lowest BCUT2D eigenvalue weighted by Gasteiger charge is -2.41. The van der Waals surface area contributed by atoms with Crippen molar-refractivity contribution in [3.05, 3.63) is 71.0 Å². The summed E-state index contributed by atoms with van der Waals surface area (Å²) in [5.41, 5.74) is 8.46. The molecule has 0 radical (unpaired) electrons. The van der Waals surface area contributed by atoms with E-state index in [-0.39, 0.29) is 11.3 Å². The number of carbonyl (C=O) groups excluding carboxylic acids is 1. The number of hydrogen-bond acceptors (Lipinski definition) is 6. The summed E-state index contributed by atoms with van der Waals surface area (Å²) in [5, 5.41) is 2.62. The predicted octanol–water partition coefficient (Wildman–Crippen LogP) is 3.35. The average Bonchev–Trinajstić information content (AvgIpc) is 3.20. The first-order valence-corrected chi connectivity index (χ1v) is 10.1. The van der Waals surface area contributed by atoms with Gasteiger partial charge in [-0.2, -0.15) is 0 Å². The van der Waals surface area contributed by atoms with Crippen LogP contribution in [0.15, 0.2) is 54.2 Å². The first-order valence-electron chi connectivity index (χ1n) is 9.18. The van der Waals surface area contributed by atoms with Gasteiger partial charge in [0.25, 0.3) is 5.91 Å². The van der Waals surface area contributed by atoms with Crippen molar-refractivity contribution in [1.29, 1.82) is 0 Å². The topological polar surface area (TPSA) is 81.3 Å². The molecule has 1 amide bonds. The van der Waals surface area contributed by atoms with Crippen LogP contribution >= 0.6 is 11.3 Å². The molecule has 4 rings (SSSR count). The number of nitrogen functional groups attached to an aromatic ring is 1. The minimum Gasteiger partial charge on any atom is -0.494 e. The molecule has 0 aliphatic carbocycles. The Bertz CT molecular complexity index is 965. The third-order valence-electron chi connectivity index (χ3n) is 5.48. The van der Waals surface area contributed by atoms with Crippen LogP contribution in [0.1, 0.15) is 34.5 Å². The zero-order valence-electron chi connectivity index (χ0n) is 15.7. The molecule has 1 saturated heterocycles. The minimum atomic E-state index is -0.228. The number of hydrogen-bond donors (Lipinski definition) is 1. The minimum absolute atomic E-state index is 0.0290. The molecule has 0 unspecified atom stereocenters. The number of thiazole rings is 1. The number of nitrogens with two attached hydrogens (primary N) is 1. The predicted molar refractivity (Wildman–Crippen MR) is 110 cm³/mol. The van der Waals surface area contributed by atoms with E-state index in [0.717, 1.165) is 18.5 Å². The molecule has 1 fully saturated rings. The molecule has 3 heterocycles. The normalized spacial score (nSPS) is 16.0. The maximum absolute atomic E-state index is 13.1. The molecule has 0 spiro atoms. The molecule has 1 aliphatic heterocycles. The second-order valence-corrected chi connectivity index (χ2v) is 7.78. The van der Waals surface area contributed by atoms with Crippen LogP contribution in [-0.4, -0.2) is 41.0 Å². The molecular formula is C21H22N4O2S. The van der Waals surface area contributed by atoms with Gasteiger partial charge in [0.05, 0.1) is 24.6 Å². The smallest absolute Gasteiger partial charge is 0.257 e. The molecule has 144 valence electrons. The first kappa shape index (κ1) is 18.4. The zero-order chi connectivity index (χ0) is 19.6. The van der Waals surface area contributed by atoms with Crippen molar-refractivity contribution in [3.63, 3.8) is 0 Å². The van der Waals surface area contributed by atoms with Crippen molar-refractivity contribution in [2.24, 2.45) is 0 Å². The van der Waals surface area contributed by atoms with Crippen molar-refractivity contribution in [3.8, 4) is 5.75 Å². The monoisotopic (exact) mass is 394 g/mol. The van der Waals surface area contributed by atoms with E-state index in [1.165, 1.54) is 16.9 Å². The quantitative estimate of drug-likeness (QED) is 0.734. The fraction of sp³-hybridized carbons (Fsp3) is 0.286. The fourth-order valence-corrected chi connectivity index (χ4v) is 4.60. The van der Waals surface area contributed by atoms with Gasteiger partial charge in [0, 0.05) is 30.1 Å². The number of rotatable bonds is 4. The Balaban J connectivity index is 1.62. The van der Waals surface area contributed by atoms with E-state index in [4.69, 9.17) is 10.5 Å². The fourth-order valence-electron chi connectivity index (χ4n) is 3.94. The van der Waals surface area contributed by atoms with E-state index >= 15 is 0 Å². The number of likely N-dealkylation sites (tertiary alicyclic amines) is 1. The van der Waals surface area contributed by atoms with Crippen molar-refractivity contribution >= 4 is 22.4 Å². The van der Waals surface area contributed by atoms with Gasteiger partial charge >= 0.3 is 0 Å². The summed E-state index contributed by atoms with van der Waals surface area (Å²) in [6, 6.07) is 12.1. The van der Waals surface area contributed by atoms with Crippen LogP contribution < -0.4 is 10.5 Å². The Labute approximate surface area is 168 Å². The van der Waals surface area contributed by atoms with Gasteiger partial charge in [-0.25, -0.2) is 4.98 Å². The number of methoxy groups -OCH3 is 1. The largest absolute Gasteiger partial charge is 0.494 e. The van der Waals surface area contributed by atoms with Crippen LogP contribution in [0.3, 0.4) is 0 Å². The highest BCUT2D eigenvalue weighted by Crippen LogP contribution is 2.42. The number of nitrogens with zero attached hydrogens (tertiary/aromatic N) is 3. The molecule has 7 heteroatoms. The molecule has 6 nitrogen and oxygen atoms in total. The third-order valence-corrected chi connectivity index (χ3v) is 6.15. The summed E-state index contributed by atoms with van der Waals surface area (Å²) in [5.74, 6) is 0.471. The second-order valence-electron chi connectivity index (χ2n) is 6.89. The summed E-state index contributed by atoms with van der Waals surface area (Å²) in [6.07, 6.45) is 4.77. The number of aromatic nitrogens is 2. The van der Waals surface area contributed by atoms with E-state index in [9.17, 15) is 4.79 Å². The highest BCUT2D eigenvalue weighted by molar-refractivity contribution is 7.13. The molecule has 2 aromatic heterocycles. The number of carbonyl (C=O) groups is 1. The van der Waals surface area contributed by atoms with Crippen LogP contribution in [0.5, 0.6) is 5.75 Å². The lowest BCUT2D eigenvalue weighted by Crippen LogP contribution is -2.46. The van der Waals surface area contributed by atoms with Crippen LogP contribution in [0.25, 0.3) is 0 Å². The number of anilines is 1. The number of amides is 1. The van der Waals surface area contributed by atoms with Gasteiger partial charge in [0.1, 0.15) is 5.75 Å². The summed E-state index contributed by atoms with van der Waals surface area (Å²) in [6.45, 7) is 1.27. The van der Waals surface area contributed by atoms with Crippen molar-refractivity contribution in [2.45, 2.75) is 18.3 Å². The Kier molecular flexibility index (Phi) is 5.00. The Morgan fingerprint density at radius 1 is 1.21 bits per heavy atom. The van der Waals surface area contributed by atoms with Crippen molar-refractivity contribution in [1.82, 2.24) is 14.9 Å². The number of piperidine rings is 1. The number of ether oxygens (including phenoxy) is 1. The maximum Gasteiger partial charge on any atom is 0.257 e. The maximum atomic E-state index is 13.1.